The zero-order chi connectivity index (χ0) is 13.1. The molecule has 1 N–H and O–H groups in total. The van der Waals surface area contributed by atoms with Crippen molar-refractivity contribution in [2.24, 2.45) is 5.41 Å². The molecule has 0 heterocycles. The molecule has 94 valence electrons. The number of rotatable bonds is 5. The molecule has 17 heavy (non-hydrogen) atoms. The van der Waals surface area contributed by atoms with Gasteiger partial charge in [0.1, 0.15) is 0 Å². The summed E-state index contributed by atoms with van der Waals surface area (Å²) < 4.78 is 13.5. The van der Waals surface area contributed by atoms with Gasteiger partial charge in [0.2, 0.25) is 0 Å². The Bertz CT molecular complexity index is 419. The number of nitrogens with one attached hydrogen (secondary N) is 1. The standard InChI is InChI=1S/C12H17FN2O2/c1-4-12(2,3)8-14-11-6-5-9(15(16)17)7-10(11)13/h5-7,14H,4,8H2,1-3H3. The number of benzene rings is 1. The van der Waals surface area contributed by atoms with Crippen LogP contribution in [0.1, 0.15) is 27.2 Å². The van der Waals surface area contributed by atoms with Crippen molar-refractivity contribution in [3.8, 4) is 0 Å². The van der Waals surface area contributed by atoms with Crippen molar-refractivity contribution in [3.63, 3.8) is 0 Å². The van der Waals surface area contributed by atoms with E-state index in [1.165, 1.54) is 12.1 Å². The fourth-order valence-electron chi connectivity index (χ4n) is 1.22. The van der Waals surface area contributed by atoms with Crippen LogP contribution >= 0.6 is 0 Å². The minimum atomic E-state index is -0.608. The summed E-state index contributed by atoms with van der Waals surface area (Å²) in [6.45, 7) is 6.83. The SMILES string of the molecule is CCC(C)(C)CNc1ccc([N+](=O)[O-])cc1F. The van der Waals surface area contributed by atoms with E-state index in [1.54, 1.807) is 0 Å². The third-order valence-electron chi connectivity index (χ3n) is 2.88. The number of nitro groups is 1. The lowest BCUT2D eigenvalue weighted by Crippen LogP contribution is -2.22. The number of halogens is 1. The van der Waals surface area contributed by atoms with E-state index < -0.39 is 10.7 Å². The zero-order valence-electron chi connectivity index (χ0n) is 10.3. The molecular weight excluding hydrogens is 223 g/mol. The maximum Gasteiger partial charge on any atom is 0.272 e. The smallest absolute Gasteiger partial charge is 0.272 e. The highest BCUT2D eigenvalue weighted by molar-refractivity contribution is 5.50. The second-order valence-electron chi connectivity index (χ2n) is 4.79. The Kier molecular flexibility index (Phi) is 4.04. The van der Waals surface area contributed by atoms with Gasteiger partial charge >= 0.3 is 0 Å². The number of anilines is 1. The molecule has 0 aliphatic rings. The Labute approximate surface area is 100.0 Å². The summed E-state index contributed by atoms with van der Waals surface area (Å²) in [6, 6.07) is 3.63. The molecule has 0 aromatic heterocycles. The molecule has 0 atom stereocenters. The zero-order valence-corrected chi connectivity index (χ0v) is 10.3. The van der Waals surface area contributed by atoms with E-state index in [0.717, 1.165) is 12.5 Å². The predicted molar refractivity (Wildman–Crippen MR) is 65.6 cm³/mol. The number of non-ortho nitro benzene ring substituents is 1. The molecule has 0 radical (unpaired) electrons. The van der Waals surface area contributed by atoms with Gasteiger partial charge in [-0.25, -0.2) is 4.39 Å². The van der Waals surface area contributed by atoms with E-state index >= 15 is 0 Å². The van der Waals surface area contributed by atoms with Gasteiger partial charge in [-0.3, -0.25) is 10.1 Å². The molecule has 0 unspecified atom stereocenters. The van der Waals surface area contributed by atoms with Gasteiger partial charge in [0.05, 0.1) is 16.7 Å². The van der Waals surface area contributed by atoms with Crippen LogP contribution in [-0.4, -0.2) is 11.5 Å². The van der Waals surface area contributed by atoms with Gasteiger partial charge in [0.25, 0.3) is 5.69 Å². The predicted octanol–water partition coefficient (Wildman–Crippen LogP) is 3.58. The molecule has 0 amide bonds. The van der Waals surface area contributed by atoms with Crippen molar-refractivity contribution >= 4 is 11.4 Å². The summed E-state index contributed by atoms with van der Waals surface area (Å²) >= 11 is 0. The number of nitro benzene ring substituents is 1. The van der Waals surface area contributed by atoms with E-state index in [9.17, 15) is 14.5 Å². The average Bonchev–Trinajstić information content (AvgIpc) is 2.27. The quantitative estimate of drug-likeness (QED) is 0.632. The van der Waals surface area contributed by atoms with Crippen LogP contribution < -0.4 is 5.32 Å². The van der Waals surface area contributed by atoms with Gasteiger partial charge in [-0.2, -0.15) is 0 Å². The van der Waals surface area contributed by atoms with E-state index in [-0.39, 0.29) is 11.1 Å². The first-order chi connectivity index (χ1) is 7.85. The minimum Gasteiger partial charge on any atom is -0.382 e. The molecule has 0 bridgehead atoms. The van der Waals surface area contributed by atoms with Crippen LogP contribution in [0.5, 0.6) is 0 Å². The Balaban J connectivity index is 2.77. The molecule has 1 aromatic carbocycles. The van der Waals surface area contributed by atoms with Gasteiger partial charge in [-0.1, -0.05) is 20.8 Å². The molecule has 4 nitrogen and oxygen atoms in total. The fourth-order valence-corrected chi connectivity index (χ4v) is 1.22. The molecule has 1 rings (SSSR count). The highest BCUT2D eigenvalue weighted by Crippen LogP contribution is 2.24. The Morgan fingerprint density at radius 3 is 2.59 bits per heavy atom. The summed E-state index contributed by atoms with van der Waals surface area (Å²) in [7, 11) is 0. The largest absolute Gasteiger partial charge is 0.382 e. The normalized spacial score (nSPS) is 11.3. The fraction of sp³-hybridized carbons (Fsp3) is 0.500. The Morgan fingerprint density at radius 2 is 2.12 bits per heavy atom. The molecule has 5 heteroatoms. The van der Waals surface area contributed by atoms with E-state index in [1.807, 2.05) is 0 Å². The number of hydrogen-bond acceptors (Lipinski definition) is 3. The van der Waals surface area contributed by atoms with Crippen LogP contribution in [-0.2, 0) is 0 Å². The average molecular weight is 240 g/mol. The highest BCUT2D eigenvalue weighted by atomic mass is 19.1. The van der Waals surface area contributed by atoms with Crippen LogP contribution in [0.4, 0.5) is 15.8 Å². The number of hydrogen-bond donors (Lipinski definition) is 1. The van der Waals surface area contributed by atoms with Crippen molar-refractivity contribution in [2.75, 3.05) is 11.9 Å². The van der Waals surface area contributed by atoms with Gasteiger partial charge in [-0.15, -0.1) is 0 Å². The van der Waals surface area contributed by atoms with Crippen molar-refractivity contribution in [3.05, 3.63) is 34.1 Å². The lowest BCUT2D eigenvalue weighted by atomic mass is 9.90. The molecule has 0 spiro atoms. The van der Waals surface area contributed by atoms with Crippen molar-refractivity contribution < 1.29 is 9.31 Å². The summed E-state index contributed by atoms with van der Waals surface area (Å²) in [5, 5.41) is 13.4. The van der Waals surface area contributed by atoms with Crippen LogP contribution in [0.2, 0.25) is 0 Å². The van der Waals surface area contributed by atoms with E-state index in [0.29, 0.717) is 12.2 Å². The first-order valence-corrected chi connectivity index (χ1v) is 5.53. The lowest BCUT2D eigenvalue weighted by molar-refractivity contribution is -0.385. The van der Waals surface area contributed by atoms with Crippen LogP contribution in [0, 0.1) is 21.3 Å². The molecule has 0 fully saturated rings. The molecule has 0 aliphatic heterocycles. The molecule has 0 saturated carbocycles. The van der Waals surface area contributed by atoms with Crippen molar-refractivity contribution in [1.82, 2.24) is 0 Å². The van der Waals surface area contributed by atoms with Crippen LogP contribution in [0.15, 0.2) is 18.2 Å². The van der Waals surface area contributed by atoms with Crippen LogP contribution in [0.3, 0.4) is 0 Å². The Hall–Kier alpha value is -1.65. The first-order valence-electron chi connectivity index (χ1n) is 5.53. The monoisotopic (exact) mass is 240 g/mol. The summed E-state index contributed by atoms with van der Waals surface area (Å²) in [5.41, 5.74) is 0.133. The second kappa shape index (κ2) is 5.12. The molecule has 0 aliphatic carbocycles. The summed E-state index contributed by atoms with van der Waals surface area (Å²) in [6.07, 6.45) is 0.967. The highest BCUT2D eigenvalue weighted by Gasteiger charge is 2.16. The minimum absolute atomic E-state index is 0.0637. The summed E-state index contributed by atoms with van der Waals surface area (Å²) in [5.74, 6) is -0.592. The molecule has 0 saturated heterocycles. The second-order valence-corrected chi connectivity index (χ2v) is 4.79. The third-order valence-corrected chi connectivity index (χ3v) is 2.88. The topological polar surface area (TPSA) is 55.2 Å². The van der Waals surface area contributed by atoms with Gasteiger partial charge < -0.3 is 5.32 Å². The number of nitrogens with zero attached hydrogens (tertiary/aromatic N) is 1. The van der Waals surface area contributed by atoms with Crippen LogP contribution in [0.25, 0.3) is 0 Å². The van der Waals surface area contributed by atoms with E-state index in [2.05, 4.69) is 26.1 Å². The van der Waals surface area contributed by atoms with E-state index in [4.69, 9.17) is 0 Å². The van der Waals surface area contributed by atoms with Gasteiger partial charge in [-0.05, 0) is 17.9 Å². The lowest BCUT2D eigenvalue weighted by Gasteiger charge is -2.23. The van der Waals surface area contributed by atoms with Crippen molar-refractivity contribution in [2.45, 2.75) is 27.2 Å². The maximum atomic E-state index is 13.5. The summed E-state index contributed by atoms with van der Waals surface area (Å²) in [4.78, 5) is 9.84. The first kappa shape index (κ1) is 13.4. The van der Waals surface area contributed by atoms with Gasteiger partial charge in [0, 0.05) is 12.6 Å². The molecular formula is C12H17FN2O2. The van der Waals surface area contributed by atoms with Crippen molar-refractivity contribution in [1.29, 1.82) is 0 Å². The molecule has 1 aromatic rings. The Morgan fingerprint density at radius 1 is 1.47 bits per heavy atom. The van der Waals surface area contributed by atoms with Gasteiger partial charge in [0.15, 0.2) is 5.82 Å². The maximum absolute atomic E-state index is 13.5. The third kappa shape index (κ3) is 3.69.